The molecule has 4 N–H and O–H groups in total. The number of hydrazine groups is 1. The first-order chi connectivity index (χ1) is 14.0. The van der Waals surface area contributed by atoms with Crippen LogP contribution in [-0.2, 0) is 9.47 Å². The predicted octanol–water partition coefficient (Wildman–Crippen LogP) is 2.79. The Balaban J connectivity index is 1.85. The third-order valence-corrected chi connectivity index (χ3v) is 6.22. The summed E-state index contributed by atoms with van der Waals surface area (Å²) in [5.74, 6) is -4.46. The number of aliphatic hydroxyl groups is 1. The molecule has 3 saturated heterocycles. The van der Waals surface area contributed by atoms with E-state index in [1.54, 1.807) is 6.92 Å². The first-order valence-corrected chi connectivity index (χ1v) is 10.3. The van der Waals surface area contributed by atoms with Crippen molar-refractivity contribution in [1.29, 1.82) is 0 Å². The molecule has 0 aromatic heterocycles. The highest BCUT2D eigenvalue weighted by atomic mass is 19.4. The number of piperidine rings is 1. The third-order valence-electron chi connectivity index (χ3n) is 6.22. The molecule has 0 aliphatic carbocycles. The van der Waals surface area contributed by atoms with Gasteiger partial charge in [0.15, 0.2) is 0 Å². The number of fused-ring (bicyclic) bond motifs is 5. The van der Waals surface area contributed by atoms with Crippen molar-refractivity contribution < 1.29 is 40.9 Å². The van der Waals surface area contributed by atoms with Crippen molar-refractivity contribution in [3.8, 4) is 0 Å². The van der Waals surface area contributed by atoms with Gasteiger partial charge in [-0.3, -0.25) is 5.32 Å². The highest BCUT2D eigenvalue weighted by molar-refractivity contribution is 4.96. The molecular weight excluding hydrogens is 420 g/mol. The van der Waals surface area contributed by atoms with E-state index in [-0.39, 0.29) is 6.42 Å². The molecule has 30 heavy (non-hydrogen) atoms. The van der Waals surface area contributed by atoms with Crippen molar-refractivity contribution >= 4 is 0 Å². The van der Waals surface area contributed by atoms with Gasteiger partial charge in [0.05, 0.1) is 24.0 Å². The molecule has 0 aromatic rings. The van der Waals surface area contributed by atoms with Crippen molar-refractivity contribution in [3.05, 3.63) is 0 Å². The molecule has 0 radical (unpaired) electrons. The van der Waals surface area contributed by atoms with Crippen LogP contribution < -0.4 is 16.2 Å². The van der Waals surface area contributed by atoms with Crippen LogP contribution in [0.25, 0.3) is 0 Å². The van der Waals surface area contributed by atoms with E-state index in [1.807, 2.05) is 0 Å². The molecule has 0 aromatic carbocycles. The number of hydrogen-bond donors (Lipinski definition) is 4. The minimum atomic E-state index is -4.55. The van der Waals surface area contributed by atoms with Gasteiger partial charge in [-0.2, -0.15) is 26.3 Å². The standard InChI is InChI=1S/C18H29F6N3O3/c1-9-5-3-2-4-6-11(17(19,20)21)15-26-27-16(30-15)13-10(8-28)7-12(18(22,23)24)14(25-13)29-9/h9-16,25-28H,2-8H2,1H3/t9-,10?,11-,12?,13?,14?,15?,16?/m1/s1. The lowest BCUT2D eigenvalue weighted by molar-refractivity contribution is -0.244. The second-order valence-electron chi connectivity index (χ2n) is 8.44. The molecular formula is C18H29F6N3O3. The first-order valence-electron chi connectivity index (χ1n) is 10.3. The fourth-order valence-corrected chi connectivity index (χ4v) is 4.54. The van der Waals surface area contributed by atoms with E-state index in [0.717, 1.165) is 0 Å². The lowest BCUT2D eigenvalue weighted by atomic mass is 9.82. The summed E-state index contributed by atoms with van der Waals surface area (Å²) in [5, 5.41) is 12.5. The van der Waals surface area contributed by atoms with Crippen LogP contribution in [0.2, 0.25) is 0 Å². The summed E-state index contributed by atoms with van der Waals surface area (Å²) in [4.78, 5) is 0. The van der Waals surface area contributed by atoms with Crippen molar-refractivity contribution in [2.75, 3.05) is 6.61 Å². The summed E-state index contributed by atoms with van der Waals surface area (Å²) >= 11 is 0. The maximum Gasteiger partial charge on any atom is 0.395 e. The Labute approximate surface area is 171 Å². The van der Waals surface area contributed by atoms with Gasteiger partial charge < -0.3 is 14.6 Å². The van der Waals surface area contributed by atoms with Crippen LogP contribution in [0.3, 0.4) is 0 Å². The van der Waals surface area contributed by atoms with Crippen LogP contribution in [-0.4, -0.2) is 54.9 Å². The predicted molar refractivity (Wildman–Crippen MR) is 93.6 cm³/mol. The summed E-state index contributed by atoms with van der Waals surface area (Å²) < 4.78 is 92.8. The molecule has 0 spiro atoms. The Morgan fingerprint density at radius 2 is 1.47 bits per heavy atom. The number of nitrogens with one attached hydrogen (secondary N) is 3. The molecule has 3 aliphatic heterocycles. The van der Waals surface area contributed by atoms with Gasteiger partial charge in [-0.25, -0.2) is 10.9 Å². The lowest BCUT2D eigenvalue weighted by Gasteiger charge is -2.44. The van der Waals surface area contributed by atoms with Crippen molar-refractivity contribution in [2.45, 2.75) is 88.6 Å². The second kappa shape index (κ2) is 9.45. The Morgan fingerprint density at radius 3 is 2.10 bits per heavy atom. The Morgan fingerprint density at radius 1 is 0.833 bits per heavy atom. The second-order valence-corrected chi connectivity index (χ2v) is 8.44. The van der Waals surface area contributed by atoms with E-state index in [4.69, 9.17) is 9.47 Å². The average molecular weight is 449 g/mol. The van der Waals surface area contributed by atoms with Gasteiger partial charge in [0.2, 0.25) is 0 Å². The van der Waals surface area contributed by atoms with Gasteiger partial charge >= 0.3 is 12.4 Å². The SMILES string of the molecule is C[C@@H]1CCCCC[C@@H](C(F)(F)F)C2NNC(O2)C2NC(O1)C(C(F)(F)F)CC2CO. The third kappa shape index (κ3) is 5.57. The summed E-state index contributed by atoms with van der Waals surface area (Å²) in [5.41, 5.74) is 5.13. The maximum absolute atomic E-state index is 13.6. The number of halogens is 6. The topological polar surface area (TPSA) is 74.8 Å². The highest BCUT2D eigenvalue weighted by Crippen LogP contribution is 2.41. The molecule has 4 bridgehead atoms. The molecule has 3 aliphatic rings. The molecule has 3 fully saturated rings. The van der Waals surface area contributed by atoms with Crippen LogP contribution in [0.5, 0.6) is 0 Å². The van der Waals surface area contributed by atoms with Crippen LogP contribution >= 0.6 is 0 Å². The Hall–Kier alpha value is -0.660. The smallest absolute Gasteiger partial charge is 0.395 e. The maximum atomic E-state index is 13.6. The fourth-order valence-electron chi connectivity index (χ4n) is 4.54. The normalized spacial score (nSPS) is 42.0. The summed E-state index contributed by atoms with van der Waals surface area (Å²) in [7, 11) is 0. The number of hydrogen-bond acceptors (Lipinski definition) is 6. The van der Waals surface area contributed by atoms with Crippen molar-refractivity contribution in [3.63, 3.8) is 0 Å². The Bertz CT molecular complexity index is 564. The van der Waals surface area contributed by atoms with E-state index in [1.165, 1.54) is 0 Å². The molecule has 3 heterocycles. The number of aliphatic hydroxyl groups excluding tert-OH is 1. The van der Waals surface area contributed by atoms with Gasteiger partial charge in [-0.05, 0) is 26.2 Å². The summed E-state index contributed by atoms with van der Waals surface area (Å²) in [6.07, 6.45) is -12.0. The Kier molecular flexibility index (Phi) is 7.56. The minimum absolute atomic E-state index is 0.120. The van der Waals surface area contributed by atoms with Gasteiger partial charge in [0.25, 0.3) is 0 Å². The highest BCUT2D eigenvalue weighted by Gasteiger charge is 2.55. The lowest BCUT2D eigenvalue weighted by Crippen LogP contribution is -2.64. The molecule has 6 nitrogen and oxygen atoms in total. The van der Waals surface area contributed by atoms with Gasteiger partial charge in [-0.1, -0.05) is 19.3 Å². The zero-order valence-corrected chi connectivity index (χ0v) is 16.6. The quantitative estimate of drug-likeness (QED) is 0.462. The van der Waals surface area contributed by atoms with Crippen molar-refractivity contribution in [2.24, 2.45) is 17.8 Å². The molecule has 8 atom stereocenters. The summed E-state index contributed by atoms with van der Waals surface area (Å²) in [6.45, 7) is 1.09. The molecule has 3 rings (SSSR count). The van der Waals surface area contributed by atoms with Crippen LogP contribution in [0.4, 0.5) is 26.3 Å². The van der Waals surface area contributed by atoms with Crippen LogP contribution in [0.15, 0.2) is 0 Å². The van der Waals surface area contributed by atoms with Crippen molar-refractivity contribution in [1.82, 2.24) is 16.2 Å². The van der Waals surface area contributed by atoms with Crippen LogP contribution in [0, 0.1) is 17.8 Å². The number of alkyl halides is 6. The van der Waals surface area contributed by atoms with E-state index in [2.05, 4.69) is 16.2 Å². The number of ether oxygens (including phenoxy) is 2. The van der Waals surface area contributed by atoms with E-state index in [9.17, 15) is 31.4 Å². The fraction of sp³-hybridized carbons (Fsp3) is 1.00. The molecule has 176 valence electrons. The zero-order chi connectivity index (χ0) is 22.1. The molecule has 0 amide bonds. The summed E-state index contributed by atoms with van der Waals surface area (Å²) in [6, 6.07) is -0.861. The van der Waals surface area contributed by atoms with Gasteiger partial charge in [-0.15, -0.1) is 0 Å². The number of rotatable bonds is 1. The average Bonchev–Trinajstić information content (AvgIpc) is 3.10. The van der Waals surface area contributed by atoms with E-state index < -0.39 is 74.0 Å². The first kappa shape index (κ1) is 24.0. The largest absolute Gasteiger partial charge is 0.396 e. The molecule has 0 saturated carbocycles. The minimum Gasteiger partial charge on any atom is -0.396 e. The van der Waals surface area contributed by atoms with E-state index in [0.29, 0.717) is 25.7 Å². The van der Waals surface area contributed by atoms with E-state index >= 15 is 0 Å². The van der Waals surface area contributed by atoms with Crippen LogP contribution in [0.1, 0.15) is 45.4 Å². The zero-order valence-electron chi connectivity index (χ0n) is 16.6. The monoisotopic (exact) mass is 449 g/mol. The molecule has 6 unspecified atom stereocenters. The van der Waals surface area contributed by atoms with Gasteiger partial charge in [0.1, 0.15) is 18.7 Å². The van der Waals surface area contributed by atoms with Gasteiger partial charge in [0, 0.05) is 12.5 Å². The molecule has 12 heteroatoms.